The monoisotopic (exact) mass is 499 g/mol. The van der Waals surface area contributed by atoms with Crippen molar-refractivity contribution in [1.82, 2.24) is 19.9 Å². The molecule has 1 aliphatic carbocycles. The maximum atomic E-state index is 12.9. The van der Waals surface area contributed by atoms with Gasteiger partial charge in [0.05, 0.1) is 5.39 Å². The lowest BCUT2D eigenvalue weighted by Gasteiger charge is -2.32. The number of aryl methyl sites for hydroxylation is 1. The van der Waals surface area contributed by atoms with Crippen LogP contribution in [0.15, 0.2) is 47.4 Å². The lowest BCUT2D eigenvalue weighted by molar-refractivity contribution is 0.0610. The van der Waals surface area contributed by atoms with Crippen LogP contribution in [0.2, 0.25) is 0 Å². The highest BCUT2D eigenvalue weighted by Gasteiger charge is 2.27. The zero-order valence-electron chi connectivity index (χ0n) is 21.7. The molecule has 7 nitrogen and oxygen atoms in total. The molecule has 0 unspecified atom stereocenters. The second-order valence-electron chi connectivity index (χ2n) is 10.3. The van der Waals surface area contributed by atoms with Crippen molar-refractivity contribution < 1.29 is 5.11 Å². The molecule has 1 saturated carbocycles. The van der Waals surface area contributed by atoms with Crippen LogP contribution in [0, 0.1) is 11.8 Å². The molecule has 2 N–H and O–H groups in total. The molecule has 0 radical (unpaired) electrons. The zero-order valence-corrected chi connectivity index (χ0v) is 21.7. The summed E-state index contributed by atoms with van der Waals surface area (Å²) in [5.74, 6) is 6.84. The van der Waals surface area contributed by atoms with Gasteiger partial charge >= 0.3 is 0 Å². The van der Waals surface area contributed by atoms with Crippen molar-refractivity contribution in [2.75, 3.05) is 24.5 Å². The fourth-order valence-electron chi connectivity index (χ4n) is 5.50. The Morgan fingerprint density at radius 3 is 2.62 bits per heavy atom. The maximum absolute atomic E-state index is 12.9. The minimum absolute atomic E-state index is 0.124. The van der Waals surface area contributed by atoms with Gasteiger partial charge in [0.2, 0.25) is 5.95 Å². The molecule has 194 valence electrons. The van der Waals surface area contributed by atoms with Gasteiger partial charge in [-0.3, -0.25) is 9.36 Å². The van der Waals surface area contributed by atoms with Gasteiger partial charge in [0.1, 0.15) is 11.2 Å². The Morgan fingerprint density at radius 2 is 1.89 bits per heavy atom. The highest BCUT2D eigenvalue weighted by Crippen LogP contribution is 2.28. The van der Waals surface area contributed by atoms with E-state index < -0.39 is 5.60 Å². The highest BCUT2D eigenvalue weighted by molar-refractivity contribution is 5.82. The lowest BCUT2D eigenvalue weighted by Crippen LogP contribution is -2.43. The van der Waals surface area contributed by atoms with Gasteiger partial charge in [-0.25, -0.2) is 4.98 Å². The molecule has 0 bridgehead atoms. The van der Waals surface area contributed by atoms with Crippen LogP contribution >= 0.6 is 0 Å². The van der Waals surface area contributed by atoms with E-state index in [1.807, 2.05) is 6.92 Å². The van der Waals surface area contributed by atoms with Crippen molar-refractivity contribution in [3.05, 3.63) is 64.1 Å². The number of nitrogens with zero attached hydrogens (tertiary/aromatic N) is 4. The van der Waals surface area contributed by atoms with Gasteiger partial charge in [-0.1, -0.05) is 48.6 Å². The standard InChI is InChI=1S/C30H37N5O2/c1-2-35-27(36)21-24(11-17-30(37)15-7-4-8-16-30)26-22-32-29(33-28(26)35)34-19-13-25(14-20-34)31-18-12-23-9-5-3-6-10-23/h3,5-6,9-10,21-22,25,31,37H,2,4,7-8,12-16,18-20H2,1H3. The Morgan fingerprint density at radius 1 is 1.14 bits per heavy atom. The van der Waals surface area contributed by atoms with Crippen LogP contribution in [0.5, 0.6) is 0 Å². The molecule has 5 rings (SSSR count). The Labute approximate surface area is 218 Å². The molecule has 0 spiro atoms. The number of anilines is 1. The Hall–Kier alpha value is -3.21. The average Bonchev–Trinajstić information content (AvgIpc) is 2.93. The molecule has 2 aromatic heterocycles. The number of benzene rings is 1. The minimum atomic E-state index is -0.968. The molecule has 2 fully saturated rings. The summed E-state index contributed by atoms with van der Waals surface area (Å²) in [7, 11) is 0. The van der Waals surface area contributed by atoms with Crippen molar-refractivity contribution in [1.29, 1.82) is 0 Å². The first-order valence-corrected chi connectivity index (χ1v) is 13.7. The Kier molecular flexibility index (Phi) is 7.87. The predicted octanol–water partition coefficient (Wildman–Crippen LogP) is 3.66. The molecular weight excluding hydrogens is 462 g/mol. The van der Waals surface area contributed by atoms with E-state index in [0.717, 1.165) is 63.5 Å². The van der Waals surface area contributed by atoms with Crippen LogP contribution < -0.4 is 15.8 Å². The SMILES string of the molecule is CCn1c(=O)cc(C#CC2(O)CCCCC2)c2cnc(N3CCC(NCCc4ccccc4)CC3)nc21. The van der Waals surface area contributed by atoms with Gasteiger partial charge in [-0.2, -0.15) is 4.98 Å². The molecular formula is C30H37N5O2. The molecule has 37 heavy (non-hydrogen) atoms. The second-order valence-corrected chi connectivity index (χ2v) is 10.3. The van der Waals surface area contributed by atoms with Crippen LogP contribution in [0.25, 0.3) is 11.0 Å². The van der Waals surface area contributed by atoms with Crippen LogP contribution in [-0.4, -0.2) is 50.9 Å². The van der Waals surface area contributed by atoms with E-state index >= 15 is 0 Å². The summed E-state index contributed by atoms with van der Waals surface area (Å²) < 4.78 is 1.68. The van der Waals surface area contributed by atoms with Gasteiger partial charge < -0.3 is 15.3 Å². The summed E-state index contributed by atoms with van der Waals surface area (Å²) in [4.78, 5) is 24.7. The summed E-state index contributed by atoms with van der Waals surface area (Å²) in [5.41, 5.74) is 1.47. The third kappa shape index (κ3) is 6.03. The average molecular weight is 500 g/mol. The number of pyridine rings is 1. The second kappa shape index (κ2) is 11.5. The van der Waals surface area contributed by atoms with Crippen LogP contribution in [0.4, 0.5) is 5.95 Å². The van der Waals surface area contributed by atoms with Crippen LogP contribution in [-0.2, 0) is 13.0 Å². The van der Waals surface area contributed by atoms with E-state index in [4.69, 9.17) is 4.98 Å². The fourth-order valence-corrected chi connectivity index (χ4v) is 5.50. The number of rotatable bonds is 6. The van der Waals surface area contributed by atoms with Gasteiger partial charge in [0.25, 0.3) is 5.56 Å². The largest absolute Gasteiger partial charge is 0.378 e. The number of hydrogen-bond acceptors (Lipinski definition) is 6. The molecule has 1 saturated heterocycles. The molecule has 3 heterocycles. The first kappa shape index (κ1) is 25.4. The highest BCUT2D eigenvalue weighted by atomic mass is 16.3. The van der Waals surface area contributed by atoms with Crippen molar-refractivity contribution in [2.45, 2.75) is 76.5 Å². The Balaban J connectivity index is 1.30. The summed E-state index contributed by atoms with van der Waals surface area (Å²) in [6.45, 7) is 5.19. The van der Waals surface area contributed by atoms with E-state index in [2.05, 4.69) is 57.4 Å². The number of fused-ring (bicyclic) bond motifs is 1. The zero-order chi connectivity index (χ0) is 25.7. The minimum Gasteiger partial charge on any atom is -0.378 e. The van der Waals surface area contributed by atoms with E-state index in [-0.39, 0.29) is 5.56 Å². The van der Waals surface area contributed by atoms with E-state index in [1.165, 1.54) is 5.56 Å². The summed E-state index contributed by atoms with van der Waals surface area (Å²) in [5, 5.41) is 15.3. The van der Waals surface area contributed by atoms with Crippen molar-refractivity contribution >= 4 is 17.0 Å². The molecule has 1 aromatic carbocycles. The predicted molar refractivity (Wildman–Crippen MR) is 148 cm³/mol. The number of nitrogens with one attached hydrogen (secondary N) is 1. The molecule has 2 aliphatic rings. The van der Waals surface area contributed by atoms with Crippen molar-refractivity contribution in [2.24, 2.45) is 0 Å². The molecule has 3 aromatic rings. The van der Waals surface area contributed by atoms with Crippen molar-refractivity contribution in [3.8, 4) is 11.8 Å². The third-order valence-electron chi connectivity index (χ3n) is 7.73. The van der Waals surface area contributed by atoms with E-state index in [1.54, 1.807) is 16.8 Å². The van der Waals surface area contributed by atoms with Gasteiger partial charge in [-0.15, -0.1) is 0 Å². The van der Waals surface area contributed by atoms with Crippen LogP contribution in [0.3, 0.4) is 0 Å². The number of piperidine rings is 1. The number of aliphatic hydroxyl groups is 1. The van der Waals surface area contributed by atoms with E-state index in [9.17, 15) is 9.90 Å². The van der Waals surface area contributed by atoms with Gasteiger partial charge in [0, 0.05) is 43.5 Å². The normalized spacial score (nSPS) is 17.9. The molecule has 0 amide bonds. The van der Waals surface area contributed by atoms with E-state index in [0.29, 0.717) is 42.6 Å². The summed E-state index contributed by atoms with van der Waals surface area (Å²) in [6, 6.07) is 12.6. The maximum Gasteiger partial charge on any atom is 0.253 e. The quantitative estimate of drug-likeness (QED) is 0.504. The topological polar surface area (TPSA) is 83.3 Å². The smallest absolute Gasteiger partial charge is 0.253 e. The third-order valence-corrected chi connectivity index (χ3v) is 7.73. The lowest BCUT2D eigenvalue weighted by atomic mass is 9.85. The molecule has 7 heteroatoms. The van der Waals surface area contributed by atoms with Crippen molar-refractivity contribution in [3.63, 3.8) is 0 Å². The number of aromatic nitrogens is 3. The first-order valence-electron chi connectivity index (χ1n) is 13.7. The van der Waals surface area contributed by atoms with Gasteiger partial charge in [0.15, 0.2) is 0 Å². The summed E-state index contributed by atoms with van der Waals surface area (Å²) >= 11 is 0. The molecule has 1 aliphatic heterocycles. The van der Waals surface area contributed by atoms with Gasteiger partial charge in [-0.05, 0) is 64.0 Å². The fraction of sp³-hybridized carbons (Fsp3) is 0.500. The molecule has 0 atom stereocenters. The number of hydrogen-bond donors (Lipinski definition) is 2. The first-order chi connectivity index (χ1) is 18.0. The van der Waals surface area contributed by atoms with Crippen LogP contribution in [0.1, 0.15) is 63.0 Å². The summed E-state index contributed by atoms with van der Waals surface area (Å²) in [6.07, 6.45) is 9.35. The Bertz CT molecular complexity index is 1330.